The van der Waals surface area contributed by atoms with Gasteiger partial charge >= 0.3 is 0 Å². The average Bonchev–Trinajstić information content (AvgIpc) is 2.36. The van der Waals surface area contributed by atoms with Crippen LogP contribution in [0, 0.1) is 0 Å². The van der Waals surface area contributed by atoms with Gasteiger partial charge in [0.1, 0.15) is 5.82 Å². The Labute approximate surface area is 115 Å². The van der Waals surface area contributed by atoms with Crippen LogP contribution in [0.15, 0.2) is 18.3 Å². The second-order valence-corrected chi connectivity index (χ2v) is 5.61. The molecular weight excluding hydrogens is 242 g/mol. The summed E-state index contributed by atoms with van der Waals surface area (Å²) in [5, 5.41) is 3.25. The van der Waals surface area contributed by atoms with E-state index in [4.69, 9.17) is 0 Å². The standard InChI is InChI=1S/C14H25N3S/c1-5-15-14-10-13(6-8-16-14)11-17(3)12(2)7-9-18-4/h6,8,10,12H,5,7,9,11H2,1-4H3,(H,15,16). The molecule has 1 heterocycles. The predicted molar refractivity (Wildman–Crippen MR) is 82.3 cm³/mol. The number of thioether (sulfide) groups is 1. The molecule has 1 rings (SSSR count). The molecule has 4 heteroatoms. The molecule has 0 spiro atoms. The maximum absolute atomic E-state index is 4.30. The van der Waals surface area contributed by atoms with E-state index in [0.717, 1.165) is 18.9 Å². The lowest BCUT2D eigenvalue weighted by atomic mass is 10.2. The van der Waals surface area contributed by atoms with Crippen molar-refractivity contribution in [2.45, 2.75) is 32.9 Å². The first-order chi connectivity index (χ1) is 8.67. The number of nitrogens with one attached hydrogen (secondary N) is 1. The fourth-order valence-corrected chi connectivity index (χ4v) is 2.38. The maximum Gasteiger partial charge on any atom is 0.126 e. The molecule has 0 bridgehead atoms. The normalized spacial score (nSPS) is 12.7. The topological polar surface area (TPSA) is 28.2 Å². The fourth-order valence-electron chi connectivity index (χ4n) is 1.80. The SMILES string of the molecule is CCNc1cc(CN(C)C(C)CCSC)ccn1. The number of anilines is 1. The van der Waals surface area contributed by atoms with Crippen LogP contribution in [0.2, 0.25) is 0 Å². The lowest BCUT2D eigenvalue weighted by Crippen LogP contribution is -2.29. The summed E-state index contributed by atoms with van der Waals surface area (Å²) < 4.78 is 0. The highest BCUT2D eigenvalue weighted by atomic mass is 32.2. The third-order valence-corrected chi connectivity index (χ3v) is 3.75. The zero-order valence-corrected chi connectivity index (χ0v) is 12.8. The first kappa shape index (κ1) is 15.3. The predicted octanol–water partition coefficient (Wildman–Crippen LogP) is 3.09. The van der Waals surface area contributed by atoms with Crippen molar-refractivity contribution in [3.05, 3.63) is 23.9 Å². The Morgan fingerprint density at radius 2 is 2.28 bits per heavy atom. The largest absolute Gasteiger partial charge is 0.370 e. The van der Waals surface area contributed by atoms with Crippen molar-refractivity contribution in [2.75, 3.05) is 30.9 Å². The Bertz CT molecular complexity index is 344. The lowest BCUT2D eigenvalue weighted by molar-refractivity contribution is 0.245. The van der Waals surface area contributed by atoms with E-state index >= 15 is 0 Å². The minimum absolute atomic E-state index is 0.619. The molecule has 0 saturated carbocycles. The molecular formula is C14H25N3S. The Morgan fingerprint density at radius 1 is 1.50 bits per heavy atom. The van der Waals surface area contributed by atoms with Crippen molar-refractivity contribution >= 4 is 17.6 Å². The van der Waals surface area contributed by atoms with Gasteiger partial charge in [-0.3, -0.25) is 4.90 Å². The molecule has 1 unspecified atom stereocenters. The van der Waals surface area contributed by atoms with Crippen molar-refractivity contribution in [3.63, 3.8) is 0 Å². The number of rotatable bonds is 8. The van der Waals surface area contributed by atoms with E-state index in [1.54, 1.807) is 0 Å². The smallest absolute Gasteiger partial charge is 0.126 e. The number of hydrogen-bond donors (Lipinski definition) is 1. The summed E-state index contributed by atoms with van der Waals surface area (Å²) >= 11 is 1.92. The quantitative estimate of drug-likeness (QED) is 0.783. The molecule has 1 aromatic heterocycles. The van der Waals surface area contributed by atoms with Gasteiger partial charge < -0.3 is 5.32 Å². The number of nitrogens with zero attached hydrogens (tertiary/aromatic N) is 2. The van der Waals surface area contributed by atoms with Crippen molar-refractivity contribution in [3.8, 4) is 0 Å². The van der Waals surface area contributed by atoms with Crippen LogP contribution in [0.25, 0.3) is 0 Å². The van der Waals surface area contributed by atoms with Gasteiger partial charge in [-0.2, -0.15) is 11.8 Å². The summed E-state index contributed by atoms with van der Waals surface area (Å²) in [5.74, 6) is 2.20. The van der Waals surface area contributed by atoms with Crippen LogP contribution in [0.5, 0.6) is 0 Å². The third-order valence-electron chi connectivity index (χ3n) is 3.11. The lowest BCUT2D eigenvalue weighted by Gasteiger charge is -2.24. The van der Waals surface area contributed by atoms with Crippen LogP contribution in [0.1, 0.15) is 25.8 Å². The van der Waals surface area contributed by atoms with Crippen molar-refractivity contribution in [2.24, 2.45) is 0 Å². The minimum Gasteiger partial charge on any atom is -0.370 e. The van der Waals surface area contributed by atoms with E-state index in [0.29, 0.717) is 6.04 Å². The minimum atomic E-state index is 0.619. The Balaban J connectivity index is 2.52. The zero-order valence-electron chi connectivity index (χ0n) is 11.9. The molecule has 0 aliphatic carbocycles. The summed E-state index contributed by atoms with van der Waals surface area (Å²) in [6, 6.07) is 4.85. The molecule has 0 radical (unpaired) electrons. The molecule has 0 fully saturated rings. The first-order valence-electron chi connectivity index (χ1n) is 6.55. The second kappa shape index (κ2) is 8.38. The first-order valence-corrected chi connectivity index (χ1v) is 7.94. The molecule has 1 aromatic rings. The third kappa shape index (κ3) is 5.27. The number of hydrogen-bond acceptors (Lipinski definition) is 4. The van der Waals surface area contributed by atoms with Gasteiger partial charge in [-0.15, -0.1) is 0 Å². The van der Waals surface area contributed by atoms with Gasteiger partial charge in [0.15, 0.2) is 0 Å². The molecule has 1 N–H and O–H groups in total. The second-order valence-electron chi connectivity index (χ2n) is 4.63. The summed E-state index contributed by atoms with van der Waals surface area (Å²) in [6.07, 6.45) is 5.29. The van der Waals surface area contributed by atoms with Gasteiger partial charge in [0, 0.05) is 25.3 Å². The fraction of sp³-hybridized carbons (Fsp3) is 0.643. The van der Waals surface area contributed by atoms with Crippen LogP contribution in [0.3, 0.4) is 0 Å². The van der Waals surface area contributed by atoms with Gasteiger partial charge in [0.05, 0.1) is 0 Å². The molecule has 0 amide bonds. The zero-order chi connectivity index (χ0) is 13.4. The van der Waals surface area contributed by atoms with Crippen LogP contribution in [-0.4, -0.2) is 41.5 Å². The summed E-state index contributed by atoms with van der Waals surface area (Å²) in [5.41, 5.74) is 1.32. The van der Waals surface area contributed by atoms with E-state index in [1.807, 2.05) is 18.0 Å². The van der Waals surface area contributed by atoms with E-state index < -0.39 is 0 Å². The molecule has 0 saturated heterocycles. The summed E-state index contributed by atoms with van der Waals surface area (Å²) in [4.78, 5) is 6.70. The molecule has 3 nitrogen and oxygen atoms in total. The van der Waals surface area contributed by atoms with E-state index in [1.165, 1.54) is 17.7 Å². The maximum atomic E-state index is 4.30. The summed E-state index contributed by atoms with van der Waals surface area (Å²) in [7, 11) is 2.19. The molecule has 1 atom stereocenters. The van der Waals surface area contributed by atoms with Gasteiger partial charge in [-0.1, -0.05) is 0 Å². The molecule has 0 aliphatic heterocycles. The highest BCUT2D eigenvalue weighted by molar-refractivity contribution is 7.98. The van der Waals surface area contributed by atoms with Crippen molar-refractivity contribution in [1.29, 1.82) is 0 Å². The van der Waals surface area contributed by atoms with Crippen molar-refractivity contribution in [1.82, 2.24) is 9.88 Å². The molecule has 0 aromatic carbocycles. The molecule has 0 aliphatic rings. The Hall–Kier alpha value is -0.740. The van der Waals surface area contributed by atoms with Crippen LogP contribution < -0.4 is 5.32 Å². The highest BCUT2D eigenvalue weighted by Gasteiger charge is 2.09. The highest BCUT2D eigenvalue weighted by Crippen LogP contribution is 2.12. The van der Waals surface area contributed by atoms with Gasteiger partial charge in [-0.05, 0) is 57.0 Å². The Morgan fingerprint density at radius 3 is 2.94 bits per heavy atom. The molecule has 18 heavy (non-hydrogen) atoms. The van der Waals surface area contributed by atoms with E-state index in [9.17, 15) is 0 Å². The number of pyridine rings is 1. The Kier molecular flexibility index (Phi) is 7.13. The molecule has 102 valence electrons. The summed E-state index contributed by atoms with van der Waals surface area (Å²) in [6.45, 7) is 6.28. The number of aromatic nitrogens is 1. The van der Waals surface area contributed by atoms with Crippen LogP contribution in [-0.2, 0) is 6.54 Å². The van der Waals surface area contributed by atoms with Crippen molar-refractivity contribution < 1.29 is 0 Å². The van der Waals surface area contributed by atoms with Crippen LogP contribution >= 0.6 is 11.8 Å². The van der Waals surface area contributed by atoms with E-state index in [2.05, 4.69) is 54.5 Å². The monoisotopic (exact) mass is 267 g/mol. The van der Waals surface area contributed by atoms with Gasteiger partial charge in [0.2, 0.25) is 0 Å². The average molecular weight is 267 g/mol. The van der Waals surface area contributed by atoms with Gasteiger partial charge in [0.25, 0.3) is 0 Å². The van der Waals surface area contributed by atoms with Crippen LogP contribution in [0.4, 0.5) is 5.82 Å². The van der Waals surface area contributed by atoms with E-state index in [-0.39, 0.29) is 0 Å². The van der Waals surface area contributed by atoms with Gasteiger partial charge in [-0.25, -0.2) is 4.98 Å².